The Balaban J connectivity index is 3.22. The number of anilines is 1. The maximum atomic E-state index is 12.0. The Kier molecular flexibility index (Phi) is 3.92. The highest BCUT2D eigenvalue weighted by Gasteiger charge is 2.33. The molecule has 0 saturated heterocycles. The summed E-state index contributed by atoms with van der Waals surface area (Å²) in [6.45, 7) is 0. The van der Waals surface area contributed by atoms with Gasteiger partial charge >= 0.3 is 12.3 Å². The molecule has 0 heterocycles. The second-order valence-electron chi connectivity index (χ2n) is 3.20. The highest BCUT2D eigenvalue weighted by molar-refractivity contribution is 6.33. The number of alkyl halides is 3. The summed E-state index contributed by atoms with van der Waals surface area (Å²) >= 11 is 5.52. The number of carboxylic acid groups (broad SMARTS) is 1. The largest absolute Gasteiger partial charge is 0.573 e. The molecule has 0 amide bonds. The minimum Gasteiger partial charge on any atom is -0.479 e. The van der Waals surface area contributed by atoms with Crippen LogP contribution in [0.4, 0.5) is 18.9 Å². The molecular formula is C9H7ClF3NO4. The second-order valence-corrected chi connectivity index (χ2v) is 3.61. The third-order valence-corrected chi connectivity index (χ3v) is 2.20. The molecule has 5 nitrogen and oxygen atoms in total. The van der Waals surface area contributed by atoms with E-state index in [2.05, 4.69) is 4.74 Å². The molecule has 1 atom stereocenters. The van der Waals surface area contributed by atoms with Crippen molar-refractivity contribution in [2.45, 2.75) is 12.5 Å². The quantitative estimate of drug-likeness (QED) is 0.738. The number of nitrogens with two attached hydrogens (primary N) is 1. The zero-order chi connectivity index (χ0) is 14.1. The first-order valence-corrected chi connectivity index (χ1v) is 4.75. The minimum absolute atomic E-state index is 0.355. The van der Waals surface area contributed by atoms with Gasteiger partial charge in [-0.25, -0.2) is 4.79 Å². The summed E-state index contributed by atoms with van der Waals surface area (Å²) in [7, 11) is 0. The van der Waals surface area contributed by atoms with Gasteiger partial charge in [0.05, 0.1) is 10.7 Å². The van der Waals surface area contributed by atoms with Crippen molar-refractivity contribution in [3.05, 3.63) is 22.7 Å². The van der Waals surface area contributed by atoms with Gasteiger partial charge in [-0.1, -0.05) is 11.6 Å². The number of aliphatic hydroxyl groups is 1. The number of aliphatic carboxylic acids is 1. The number of aliphatic hydroxyl groups excluding tert-OH is 1. The molecule has 0 aromatic heterocycles. The minimum atomic E-state index is -5.01. The number of hydrogen-bond acceptors (Lipinski definition) is 4. The lowest BCUT2D eigenvalue weighted by molar-refractivity contribution is -0.274. The molecule has 100 valence electrons. The van der Waals surface area contributed by atoms with Gasteiger partial charge in [-0.15, -0.1) is 13.2 Å². The average Bonchev–Trinajstić information content (AvgIpc) is 2.21. The van der Waals surface area contributed by atoms with E-state index in [1.54, 1.807) is 0 Å². The van der Waals surface area contributed by atoms with Crippen molar-refractivity contribution in [2.24, 2.45) is 0 Å². The van der Waals surface area contributed by atoms with Crippen LogP contribution in [0.5, 0.6) is 5.75 Å². The normalized spacial score (nSPS) is 13.2. The summed E-state index contributed by atoms with van der Waals surface area (Å²) in [5.74, 6) is -2.51. The number of rotatable bonds is 3. The van der Waals surface area contributed by atoms with E-state index < -0.39 is 29.9 Å². The van der Waals surface area contributed by atoms with E-state index in [0.29, 0.717) is 6.07 Å². The molecule has 0 saturated carbocycles. The molecule has 0 bridgehead atoms. The van der Waals surface area contributed by atoms with Crippen molar-refractivity contribution < 1.29 is 32.9 Å². The van der Waals surface area contributed by atoms with E-state index in [4.69, 9.17) is 22.4 Å². The van der Waals surface area contributed by atoms with E-state index in [0.717, 1.165) is 6.07 Å². The van der Waals surface area contributed by atoms with Gasteiger partial charge in [-0.05, 0) is 17.7 Å². The molecule has 1 unspecified atom stereocenters. The molecule has 0 spiro atoms. The van der Waals surface area contributed by atoms with Crippen molar-refractivity contribution in [1.29, 1.82) is 0 Å². The Bertz CT molecular complexity index is 478. The van der Waals surface area contributed by atoms with Crippen molar-refractivity contribution in [1.82, 2.24) is 0 Å². The molecule has 1 aromatic carbocycles. The average molecular weight is 286 g/mol. The number of carboxylic acids is 1. The molecule has 0 fully saturated rings. The standard InChI is InChI=1S/C9H7ClF3NO4/c10-4-1-3(7(15)8(16)17)2-5(6(4)14)18-9(11,12)13/h1-2,7,15H,14H2,(H,16,17). The predicted octanol–water partition coefficient (Wildman–Crippen LogP) is 1.94. The van der Waals surface area contributed by atoms with Crippen molar-refractivity contribution in [3.63, 3.8) is 0 Å². The smallest absolute Gasteiger partial charge is 0.479 e. The molecule has 1 aromatic rings. The van der Waals surface area contributed by atoms with Crippen molar-refractivity contribution >= 4 is 23.3 Å². The van der Waals surface area contributed by atoms with Crippen LogP contribution in [0.2, 0.25) is 5.02 Å². The van der Waals surface area contributed by atoms with Crippen LogP contribution in [0.1, 0.15) is 11.7 Å². The van der Waals surface area contributed by atoms with Crippen LogP contribution in [-0.4, -0.2) is 22.5 Å². The van der Waals surface area contributed by atoms with Crippen LogP contribution in [0.25, 0.3) is 0 Å². The van der Waals surface area contributed by atoms with Gasteiger partial charge in [0, 0.05) is 0 Å². The number of nitrogen functional groups attached to an aromatic ring is 1. The fourth-order valence-corrected chi connectivity index (χ4v) is 1.34. The molecule has 0 aliphatic rings. The Morgan fingerprint density at radius 1 is 1.44 bits per heavy atom. The van der Waals surface area contributed by atoms with Crippen LogP contribution in [0.3, 0.4) is 0 Å². The third kappa shape index (κ3) is 3.41. The van der Waals surface area contributed by atoms with E-state index in [1.807, 2.05) is 0 Å². The van der Waals surface area contributed by atoms with Crippen LogP contribution in [0.15, 0.2) is 12.1 Å². The monoisotopic (exact) mass is 285 g/mol. The lowest BCUT2D eigenvalue weighted by atomic mass is 10.1. The van der Waals surface area contributed by atoms with Gasteiger partial charge in [-0.3, -0.25) is 0 Å². The molecule has 9 heteroatoms. The maximum Gasteiger partial charge on any atom is 0.573 e. The van der Waals surface area contributed by atoms with Gasteiger partial charge in [0.15, 0.2) is 11.9 Å². The fourth-order valence-electron chi connectivity index (χ4n) is 1.12. The molecular weight excluding hydrogens is 279 g/mol. The lowest BCUT2D eigenvalue weighted by Gasteiger charge is -2.14. The predicted molar refractivity (Wildman–Crippen MR) is 55.1 cm³/mol. The zero-order valence-corrected chi connectivity index (χ0v) is 9.29. The van der Waals surface area contributed by atoms with Crippen LogP contribution in [0, 0.1) is 0 Å². The summed E-state index contributed by atoms with van der Waals surface area (Å²) in [4.78, 5) is 10.5. The SMILES string of the molecule is Nc1c(Cl)cc(C(O)C(=O)O)cc1OC(F)(F)F. The van der Waals surface area contributed by atoms with Gasteiger partial charge < -0.3 is 20.7 Å². The van der Waals surface area contributed by atoms with Gasteiger partial charge in [-0.2, -0.15) is 0 Å². The lowest BCUT2D eigenvalue weighted by Crippen LogP contribution is -2.19. The molecule has 0 aliphatic heterocycles. The van der Waals surface area contributed by atoms with Crippen LogP contribution < -0.4 is 10.5 Å². The summed E-state index contributed by atoms with van der Waals surface area (Å²) in [6.07, 6.45) is -7.04. The summed E-state index contributed by atoms with van der Waals surface area (Å²) in [5, 5.41) is 17.4. The van der Waals surface area contributed by atoms with Crippen molar-refractivity contribution in [2.75, 3.05) is 5.73 Å². The second kappa shape index (κ2) is 4.91. The number of benzene rings is 1. The number of halogens is 4. The van der Waals surface area contributed by atoms with E-state index in [1.165, 1.54) is 0 Å². The number of carbonyl (C=O) groups is 1. The first-order chi connectivity index (χ1) is 8.11. The topological polar surface area (TPSA) is 92.8 Å². The molecule has 1 rings (SSSR count). The zero-order valence-electron chi connectivity index (χ0n) is 8.53. The first-order valence-electron chi connectivity index (χ1n) is 4.37. The first kappa shape index (κ1) is 14.4. The highest BCUT2D eigenvalue weighted by Crippen LogP contribution is 2.36. The summed E-state index contributed by atoms with van der Waals surface area (Å²) in [5.41, 5.74) is 4.37. The van der Waals surface area contributed by atoms with E-state index in [-0.39, 0.29) is 10.6 Å². The van der Waals surface area contributed by atoms with Gasteiger partial charge in [0.2, 0.25) is 0 Å². The van der Waals surface area contributed by atoms with Crippen LogP contribution >= 0.6 is 11.6 Å². The van der Waals surface area contributed by atoms with E-state index in [9.17, 15) is 23.1 Å². The van der Waals surface area contributed by atoms with Gasteiger partial charge in [0.25, 0.3) is 0 Å². The fraction of sp³-hybridized carbons (Fsp3) is 0.222. The van der Waals surface area contributed by atoms with Crippen molar-refractivity contribution in [3.8, 4) is 5.75 Å². The maximum absolute atomic E-state index is 12.0. The highest BCUT2D eigenvalue weighted by atomic mass is 35.5. The number of ether oxygens (including phenoxy) is 1. The Morgan fingerprint density at radius 3 is 2.44 bits per heavy atom. The number of hydrogen-bond donors (Lipinski definition) is 3. The van der Waals surface area contributed by atoms with Crippen LogP contribution in [-0.2, 0) is 4.79 Å². The third-order valence-electron chi connectivity index (χ3n) is 1.89. The van der Waals surface area contributed by atoms with E-state index >= 15 is 0 Å². The summed E-state index contributed by atoms with van der Waals surface area (Å²) in [6, 6.07) is 1.60. The molecule has 4 N–H and O–H groups in total. The molecule has 0 aliphatic carbocycles. The molecule has 18 heavy (non-hydrogen) atoms. The van der Waals surface area contributed by atoms with Gasteiger partial charge in [0.1, 0.15) is 0 Å². The Hall–Kier alpha value is -1.67. The Morgan fingerprint density at radius 2 is 2.00 bits per heavy atom. The molecule has 0 radical (unpaired) electrons. The Labute approximate surface area is 104 Å². The summed E-state index contributed by atoms with van der Waals surface area (Å²) < 4.78 is 39.7.